The van der Waals surface area contributed by atoms with Gasteiger partial charge in [-0.1, -0.05) is 28.9 Å². The molecule has 0 unspecified atom stereocenters. The van der Waals surface area contributed by atoms with Crippen LogP contribution in [0, 0.1) is 11.3 Å². The molecule has 0 radical (unpaired) electrons. The summed E-state index contributed by atoms with van der Waals surface area (Å²) in [6.45, 7) is 2.11. The molecule has 0 saturated carbocycles. The molecular formula is C22H20BrN3OS. The third kappa shape index (κ3) is 3.09. The summed E-state index contributed by atoms with van der Waals surface area (Å²) in [6.07, 6.45) is 3.03. The molecule has 1 aromatic heterocycles. The second kappa shape index (κ2) is 7.57. The zero-order chi connectivity index (χ0) is 19.8. The largest absolute Gasteiger partial charge is 0.384 e. The van der Waals surface area contributed by atoms with E-state index in [0.717, 1.165) is 45.6 Å². The van der Waals surface area contributed by atoms with E-state index in [1.807, 2.05) is 35.2 Å². The molecule has 0 spiro atoms. The van der Waals surface area contributed by atoms with Crippen molar-refractivity contribution in [2.24, 2.45) is 5.73 Å². The van der Waals surface area contributed by atoms with Crippen molar-refractivity contribution in [3.8, 4) is 6.07 Å². The fourth-order valence-electron chi connectivity index (χ4n) is 4.02. The number of thiophene rings is 1. The molecule has 0 fully saturated rings. The number of nitrogens with zero attached hydrogens (tertiary/aromatic N) is 2. The fraction of sp³-hybridized carbons (Fsp3) is 0.273. The van der Waals surface area contributed by atoms with E-state index in [4.69, 9.17) is 5.73 Å². The number of anilines is 1. The molecule has 1 aliphatic carbocycles. The number of allylic oxidation sites excluding steroid dienone is 3. The number of hydrogen-bond acceptors (Lipinski definition) is 5. The first-order valence-electron chi connectivity index (χ1n) is 9.35. The summed E-state index contributed by atoms with van der Waals surface area (Å²) >= 11 is 5.17. The first-order valence-corrected chi connectivity index (χ1v) is 11.0. The molecule has 2 aliphatic rings. The van der Waals surface area contributed by atoms with Crippen LogP contribution >= 0.6 is 27.3 Å². The van der Waals surface area contributed by atoms with Gasteiger partial charge in [-0.05, 0) is 49.6 Å². The smallest absolute Gasteiger partial charge is 0.161 e. The van der Waals surface area contributed by atoms with Crippen molar-refractivity contribution in [1.29, 1.82) is 5.26 Å². The highest BCUT2D eigenvalue weighted by atomic mass is 79.9. The van der Waals surface area contributed by atoms with Crippen LogP contribution < -0.4 is 10.6 Å². The van der Waals surface area contributed by atoms with E-state index < -0.39 is 0 Å². The summed E-state index contributed by atoms with van der Waals surface area (Å²) in [5, 5.41) is 10.00. The van der Waals surface area contributed by atoms with Crippen LogP contribution in [0.5, 0.6) is 0 Å². The highest BCUT2D eigenvalue weighted by molar-refractivity contribution is 9.10. The minimum absolute atomic E-state index is 0.123. The van der Waals surface area contributed by atoms with Gasteiger partial charge in [0, 0.05) is 37.6 Å². The molecular weight excluding hydrogens is 434 g/mol. The van der Waals surface area contributed by atoms with Gasteiger partial charge in [-0.3, -0.25) is 9.69 Å². The molecule has 1 aliphatic heterocycles. The Labute approximate surface area is 177 Å². The van der Waals surface area contributed by atoms with Crippen LogP contribution in [0.3, 0.4) is 0 Å². The van der Waals surface area contributed by atoms with Crippen LogP contribution in [-0.4, -0.2) is 5.78 Å². The lowest BCUT2D eigenvalue weighted by Gasteiger charge is -2.39. The molecule has 0 saturated heterocycles. The first-order chi connectivity index (χ1) is 13.5. The normalized spacial score (nSPS) is 19.7. The van der Waals surface area contributed by atoms with Crippen molar-refractivity contribution in [2.45, 2.75) is 38.5 Å². The van der Waals surface area contributed by atoms with Crippen molar-refractivity contribution in [1.82, 2.24) is 0 Å². The second-order valence-corrected chi connectivity index (χ2v) is 9.07. The maximum absolute atomic E-state index is 13.0. The van der Waals surface area contributed by atoms with Gasteiger partial charge in [-0.15, -0.1) is 11.3 Å². The number of halogens is 1. The standard InChI is InChI=1S/C22H20BrN3OS/c1-2-15-9-10-19(28-15)20-16(12-24)22(25)26(14-6-3-5-13(23)11-14)17-7-4-8-18(27)21(17)20/h3,5-6,9-11,20H,2,4,7-8,25H2,1H3/t20-/m0/s1. The number of rotatable bonds is 3. The molecule has 28 heavy (non-hydrogen) atoms. The van der Waals surface area contributed by atoms with Gasteiger partial charge in [0.1, 0.15) is 5.82 Å². The van der Waals surface area contributed by atoms with Gasteiger partial charge < -0.3 is 5.73 Å². The molecule has 2 aromatic rings. The van der Waals surface area contributed by atoms with Crippen LogP contribution in [0.2, 0.25) is 0 Å². The number of hydrogen-bond donors (Lipinski definition) is 1. The predicted molar refractivity (Wildman–Crippen MR) is 116 cm³/mol. The van der Waals surface area contributed by atoms with E-state index >= 15 is 0 Å². The van der Waals surface area contributed by atoms with E-state index in [0.29, 0.717) is 17.8 Å². The van der Waals surface area contributed by atoms with E-state index in [-0.39, 0.29) is 11.7 Å². The Morgan fingerprint density at radius 2 is 2.14 bits per heavy atom. The first kappa shape index (κ1) is 19.0. The molecule has 1 atom stereocenters. The maximum atomic E-state index is 13.0. The lowest BCUT2D eigenvalue weighted by Crippen LogP contribution is -2.38. The predicted octanol–water partition coefficient (Wildman–Crippen LogP) is 5.38. The topological polar surface area (TPSA) is 70.1 Å². The minimum atomic E-state index is -0.360. The van der Waals surface area contributed by atoms with Gasteiger partial charge in [-0.25, -0.2) is 0 Å². The van der Waals surface area contributed by atoms with E-state index in [1.54, 1.807) is 11.3 Å². The number of ketones is 1. The molecule has 4 rings (SSSR count). The summed E-state index contributed by atoms with van der Waals surface area (Å²) < 4.78 is 0.925. The average molecular weight is 454 g/mol. The van der Waals surface area contributed by atoms with Crippen LogP contribution in [0.4, 0.5) is 5.69 Å². The molecule has 6 heteroatoms. The number of benzene rings is 1. The number of Topliss-reactive ketones (excluding diaryl/α,β-unsaturated/α-hetero) is 1. The third-order valence-electron chi connectivity index (χ3n) is 5.30. The minimum Gasteiger partial charge on any atom is -0.384 e. The highest BCUT2D eigenvalue weighted by Crippen LogP contribution is 2.47. The zero-order valence-electron chi connectivity index (χ0n) is 15.5. The Bertz CT molecular complexity index is 1060. The zero-order valence-corrected chi connectivity index (χ0v) is 17.9. The summed E-state index contributed by atoms with van der Waals surface area (Å²) in [6, 6.07) is 14.2. The Morgan fingerprint density at radius 1 is 1.32 bits per heavy atom. The monoisotopic (exact) mass is 453 g/mol. The van der Waals surface area contributed by atoms with Crippen molar-refractivity contribution in [3.63, 3.8) is 0 Å². The Balaban J connectivity index is 1.95. The van der Waals surface area contributed by atoms with Gasteiger partial charge in [0.25, 0.3) is 0 Å². The Morgan fingerprint density at radius 3 is 2.82 bits per heavy atom. The van der Waals surface area contributed by atoms with Crippen LogP contribution in [0.15, 0.2) is 63.5 Å². The molecule has 0 amide bonds. The number of nitrogens with two attached hydrogens (primary N) is 1. The van der Waals surface area contributed by atoms with Crippen LogP contribution in [-0.2, 0) is 11.2 Å². The van der Waals surface area contributed by atoms with Gasteiger partial charge in [0.2, 0.25) is 0 Å². The lowest BCUT2D eigenvalue weighted by molar-refractivity contribution is -0.116. The molecule has 142 valence electrons. The van der Waals surface area contributed by atoms with E-state index in [1.165, 1.54) is 4.88 Å². The Kier molecular flexibility index (Phi) is 5.13. The quantitative estimate of drug-likeness (QED) is 0.676. The Hall–Kier alpha value is -2.36. The molecule has 2 N–H and O–H groups in total. The fourth-order valence-corrected chi connectivity index (χ4v) is 5.48. The van der Waals surface area contributed by atoms with Crippen LogP contribution in [0.25, 0.3) is 0 Å². The van der Waals surface area contributed by atoms with Crippen LogP contribution in [0.1, 0.15) is 41.9 Å². The summed E-state index contributed by atoms with van der Waals surface area (Å²) in [4.78, 5) is 17.2. The summed E-state index contributed by atoms with van der Waals surface area (Å²) in [5.74, 6) is 0.185. The van der Waals surface area contributed by atoms with Crippen molar-refractivity contribution in [2.75, 3.05) is 4.90 Å². The maximum Gasteiger partial charge on any atom is 0.161 e. The van der Waals surface area contributed by atoms with Crippen molar-refractivity contribution < 1.29 is 4.79 Å². The lowest BCUT2D eigenvalue weighted by atomic mass is 9.78. The van der Waals surface area contributed by atoms with Gasteiger partial charge in [0.15, 0.2) is 5.78 Å². The average Bonchev–Trinajstić information content (AvgIpc) is 3.16. The van der Waals surface area contributed by atoms with Gasteiger partial charge >= 0.3 is 0 Å². The summed E-state index contributed by atoms with van der Waals surface area (Å²) in [5.41, 5.74) is 9.55. The van der Waals surface area contributed by atoms with Crippen molar-refractivity contribution in [3.05, 3.63) is 73.3 Å². The van der Waals surface area contributed by atoms with Gasteiger partial charge in [0.05, 0.1) is 17.6 Å². The highest BCUT2D eigenvalue weighted by Gasteiger charge is 2.40. The number of carbonyl (C=O) groups excluding carboxylic acids is 1. The van der Waals surface area contributed by atoms with Crippen molar-refractivity contribution >= 4 is 38.7 Å². The third-order valence-corrected chi connectivity index (χ3v) is 7.08. The summed E-state index contributed by atoms with van der Waals surface area (Å²) in [7, 11) is 0. The molecule has 1 aromatic carbocycles. The van der Waals surface area contributed by atoms with E-state index in [2.05, 4.69) is 35.0 Å². The molecule has 2 heterocycles. The van der Waals surface area contributed by atoms with E-state index in [9.17, 15) is 10.1 Å². The number of nitriles is 1. The van der Waals surface area contributed by atoms with Gasteiger partial charge in [-0.2, -0.15) is 5.26 Å². The SMILES string of the molecule is CCc1ccc([C@@H]2C(C#N)=C(N)N(c3cccc(Br)c3)C3=C2C(=O)CCC3)s1. The molecule has 0 bridgehead atoms. The number of carbonyl (C=O) groups is 1. The molecule has 4 nitrogen and oxygen atoms in total. The second-order valence-electron chi connectivity index (χ2n) is 6.95. The number of aryl methyl sites for hydroxylation is 1.